The monoisotopic (exact) mass is 466 g/mol. The number of likely N-dealkylation sites (N-methyl/N-ethyl adjacent to an activating group) is 1. The van der Waals surface area contributed by atoms with Gasteiger partial charge in [0.05, 0.1) is 49.2 Å². The number of benzene rings is 2. The molecule has 1 aliphatic rings. The summed E-state index contributed by atoms with van der Waals surface area (Å²) in [6.45, 7) is 7.25. The largest absolute Gasteiger partial charge is 0.463 e. The van der Waals surface area contributed by atoms with Gasteiger partial charge in [-0.25, -0.2) is 9.59 Å². The molecule has 1 N–H and O–H groups in total. The number of nitrogens with zero attached hydrogens (tertiary/aromatic N) is 1. The fraction of sp³-hybridized carbons (Fsp3) is 0.407. The molecule has 0 aromatic heterocycles. The zero-order valence-electron chi connectivity index (χ0n) is 20.6. The lowest BCUT2D eigenvalue weighted by atomic mass is 9.78. The summed E-state index contributed by atoms with van der Waals surface area (Å²) in [5.41, 5.74) is 2.85. The van der Waals surface area contributed by atoms with Crippen LogP contribution >= 0.6 is 0 Å². The van der Waals surface area contributed by atoms with Crippen molar-refractivity contribution in [3.8, 4) is 0 Å². The molecule has 1 heterocycles. The fourth-order valence-corrected chi connectivity index (χ4v) is 4.17. The molecule has 7 nitrogen and oxygen atoms in total. The lowest BCUT2D eigenvalue weighted by molar-refractivity contribution is -0.139. The summed E-state index contributed by atoms with van der Waals surface area (Å²) in [6, 6.07) is 13.8. The normalized spacial score (nSPS) is 16.1. The van der Waals surface area contributed by atoms with Crippen LogP contribution in [0.4, 0.5) is 0 Å². The Hall–Kier alpha value is -3.16. The topological polar surface area (TPSA) is 77.1 Å². The van der Waals surface area contributed by atoms with E-state index in [2.05, 4.69) is 5.32 Å². The second-order valence-corrected chi connectivity index (χ2v) is 8.35. The molecule has 0 saturated carbocycles. The van der Waals surface area contributed by atoms with Gasteiger partial charge in [0.15, 0.2) is 0 Å². The van der Waals surface area contributed by atoms with Gasteiger partial charge in [-0.3, -0.25) is 0 Å². The molecule has 7 heteroatoms. The first-order valence-corrected chi connectivity index (χ1v) is 11.6. The Bertz CT molecular complexity index is 1100. The molecule has 0 saturated heterocycles. The Balaban J connectivity index is 2.19. The molecule has 1 aliphatic heterocycles. The summed E-state index contributed by atoms with van der Waals surface area (Å²) in [5.74, 6) is -1.59. The smallest absolute Gasteiger partial charge is 0.336 e. The Morgan fingerprint density at radius 2 is 1.59 bits per heavy atom. The first-order valence-electron chi connectivity index (χ1n) is 11.6. The van der Waals surface area contributed by atoms with Gasteiger partial charge < -0.3 is 24.4 Å². The highest BCUT2D eigenvalue weighted by Crippen LogP contribution is 2.42. The molecular formula is C27H34N2O5. The van der Waals surface area contributed by atoms with Gasteiger partial charge in [-0.05, 0) is 51.2 Å². The van der Waals surface area contributed by atoms with Crippen molar-refractivity contribution >= 4 is 22.7 Å². The van der Waals surface area contributed by atoms with Gasteiger partial charge in [0.1, 0.15) is 0 Å². The minimum Gasteiger partial charge on any atom is -0.463 e. The highest BCUT2D eigenvalue weighted by Gasteiger charge is 2.39. The van der Waals surface area contributed by atoms with Crippen molar-refractivity contribution in [3.63, 3.8) is 0 Å². The number of allylic oxidation sites excluding steroid dienone is 1. The van der Waals surface area contributed by atoms with Crippen molar-refractivity contribution in [1.82, 2.24) is 10.2 Å². The second kappa shape index (κ2) is 11.8. The van der Waals surface area contributed by atoms with Crippen LogP contribution in [0.15, 0.2) is 65.0 Å². The number of ether oxygens (including phenoxy) is 3. The zero-order valence-corrected chi connectivity index (χ0v) is 20.6. The number of esters is 2. The molecular weight excluding hydrogens is 432 g/mol. The van der Waals surface area contributed by atoms with Crippen LogP contribution in [0.25, 0.3) is 10.8 Å². The minimum atomic E-state index is -0.655. The molecule has 34 heavy (non-hydrogen) atoms. The predicted molar refractivity (Wildman–Crippen MR) is 132 cm³/mol. The Labute approximate surface area is 201 Å². The maximum atomic E-state index is 13.3. The van der Waals surface area contributed by atoms with Crippen molar-refractivity contribution in [2.75, 3.05) is 47.1 Å². The molecule has 0 aliphatic carbocycles. The molecule has 0 radical (unpaired) electrons. The lowest BCUT2D eigenvalue weighted by Gasteiger charge is -2.32. The number of hydrogen-bond donors (Lipinski definition) is 1. The molecule has 1 atom stereocenters. The highest BCUT2D eigenvalue weighted by molar-refractivity contribution is 6.02. The Morgan fingerprint density at radius 3 is 2.26 bits per heavy atom. The summed E-state index contributed by atoms with van der Waals surface area (Å²) in [5, 5.41) is 5.23. The van der Waals surface area contributed by atoms with Gasteiger partial charge in [-0.15, -0.1) is 0 Å². The SMILES string of the molecule is CCOC(=O)C1=C(C)NC(COCCN(C)C)=C(C(=O)OCC)C1c1cccc2ccccc12. The van der Waals surface area contributed by atoms with Crippen molar-refractivity contribution < 1.29 is 23.8 Å². The number of hydrogen-bond acceptors (Lipinski definition) is 7. The van der Waals surface area contributed by atoms with Crippen LogP contribution in [0.3, 0.4) is 0 Å². The summed E-state index contributed by atoms with van der Waals surface area (Å²) < 4.78 is 16.8. The quantitative estimate of drug-likeness (QED) is 0.422. The van der Waals surface area contributed by atoms with E-state index in [0.29, 0.717) is 29.1 Å². The van der Waals surface area contributed by atoms with E-state index in [-0.39, 0.29) is 19.8 Å². The molecule has 0 spiro atoms. The number of fused-ring (bicyclic) bond motifs is 1. The predicted octanol–water partition coefficient (Wildman–Crippen LogP) is 3.76. The Kier molecular flexibility index (Phi) is 8.85. The Morgan fingerprint density at radius 1 is 0.941 bits per heavy atom. The zero-order chi connectivity index (χ0) is 24.7. The standard InChI is InChI=1S/C27H34N2O5/c1-6-33-26(30)23-18(3)28-22(17-32-16-15-29(4)5)25(27(31)34-7-2)24(23)21-14-10-12-19-11-8-9-13-20(19)21/h8-14,24,28H,6-7,15-17H2,1-5H3. The first-order chi connectivity index (χ1) is 16.4. The van der Waals surface area contributed by atoms with Crippen LogP contribution < -0.4 is 5.32 Å². The molecule has 3 rings (SSSR count). The summed E-state index contributed by atoms with van der Waals surface area (Å²) >= 11 is 0. The van der Waals surface area contributed by atoms with Crippen molar-refractivity contribution in [1.29, 1.82) is 0 Å². The van der Waals surface area contributed by atoms with Crippen molar-refractivity contribution in [3.05, 3.63) is 70.6 Å². The third kappa shape index (κ3) is 5.66. The molecule has 1 unspecified atom stereocenters. The number of carbonyl (C=O) groups excluding carboxylic acids is 2. The summed E-state index contributed by atoms with van der Waals surface area (Å²) in [7, 11) is 3.95. The number of rotatable bonds is 10. The van der Waals surface area contributed by atoms with E-state index in [9.17, 15) is 9.59 Å². The molecule has 0 amide bonds. The van der Waals surface area contributed by atoms with Crippen LogP contribution in [-0.4, -0.2) is 63.9 Å². The van der Waals surface area contributed by atoms with Gasteiger partial charge in [0.25, 0.3) is 0 Å². The average molecular weight is 467 g/mol. The average Bonchev–Trinajstić information content (AvgIpc) is 2.81. The van der Waals surface area contributed by atoms with E-state index in [1.165, 1.54) is 0 Å². The maximum absolute atomic E-state index is 13.3. The van der Waals surface area contributed by atoms with Gasteiger partial charge in [0.2, 0.25) is 0 Å². The summed E-state index contributed by atoms with van der Waals surface area (Å²) in [6.07, 6.45) is 0. The summed E-state index contributed by atoms with van der Waals surface area (Å²) in [4.78, 5) is 28.5. The van der Waals surface area contributed by atoms with Crippen molar-refractivity contribution in [2.45, 2.75) is 26.7 Å². The van der Waals surface area contributed by atoms with E-state index in [1.54, 1.807) is 13.8 Å². The van der Waals surface area contributed by atoms with Crippen LogP contribution in [0.2, 0.25) is 0 Å². The van der Waals surface area contributed by atoms with Gasteiger partial charge in [-0.2, -0.15) is 0 Å². The van der Waals surface area contributed by atoms with Crippen LogP contribution in [0.5, 0.6) is 0 Å². The van der Waals surface area contributed by atoms with Gasteiger partial charge in [0, 0.05) is 12.2 Å². The molecule has 2 aromatic rings. The van der Waals surface area contributed by atoms with Crippen LogP contribution in [0.1, 0.15) is 32.3 Å². The van der Waals surface area contributed by atoms with E-state index in [4.69, 9.17) is 14.2 Å². The van der Waals surface area contributed by atoms with E-state index < -0.39 is 17.9 Å². The van der Waals surface area contributed by atoms with Crippen LogP contribution in [0, 0.1) is 0 Å². The van der Waals surface area contributed by atoms with E-state index >= 15 is 0 Å². The third-order valence-corrected chi connectivity index (χ3v) is 5.70. The molecule has 2 aromatic carbocycles. The van der Waals surface area contributed by atoms with E-state index in [1.807, 2.05) is 68.4 Å². The maximum Gasteiger partial charge on any atom is 0.336 e. The third-order valence-electron chi connectivity index (χ3n) is 5.70. The first kappa shape index (κ1) is 25.5. The molecule has 0 bridgehead atoms. The van der Waals surface area contributed by atoms with Gasteiger partial charge >= 0.3 is 11.9 Å². The van der Waals surface area contributed by atoms with Crippen LogP contribution in [-0.2, 0) is 23.8 Å². The minimum absolute atomic E-state index is 0.191. The fourth-order valence-electron chi connectivity index (χ4n) is 4.17. The van der Waals surface area contributed by atoms with E-state index in [0.717, 1.165) is 22.9 Å². The molecule has 0 fully saturated rings. The number of nitrogens with one attached hydrogen (secondary N) is 1. The number of dihydropyridines is 1. The van der Waals surface area contributed by atoms with Crippen molar-refractivity contribution in [2.24, 2.45) is 0 Å². The van der Waals surface area contributed by atoms with Gasteiger partial charge in [-0.1, -0.05) is 42.5 Å². The lowest BCUT2D eigenvalue weighted by Crippen LogP contribution is -2.35. The molecule has 182 valence electrons. The second-order valence-electron chi connectivity index (χ2n) is 8.35. The number of carbonyl (C=O) groups is 2. The highest BCUT2D eigenvalue weighted by atomic mass is 16.5.